The van der Waals surface area contributed by atoms with Gasteiger partial charge in [-0.25, -0.2) is 0 Å². The van der Waals surface area contributed by atoms with Gasteiger partial charge in [0.05, 0.1) is 12.5 Å². The third-order valence-electron chi connectivity index (χ3n) is 4.57. The number of esters is 1. The highest BCUT2D eigenvalue weighted by atomic mass is 16.5. The van der Waals surface area contributed by atoms with E-state index in [1.165, 1.54) is 0 Å². The summed E-state index contributed by atoms with van der Waals surface area (Å²) in [6.45, 7) is 5.20. The molecule has 6 heteroatoms. The SMILES string of the molecule is CCOC(=O)C1CCN(CCCc2nc(-c3ccccc3)no2)CC1. The summed E-state index contributed by atoms with van der Waals surface area (Å²) in [6, 6.07) is 9.84. The molecule has 2 heterocycles. The molecule has 3 rings (SSSR count). The van der Waals surface area contributed by atoms with Crippen molar-refractivity contribution in [3.63, 3.8) is 0 Å². The molecule has 0 N–H and O–H groups in total. The Balaban J connectivity index is 1.39. The molecule has 0 atom stereocenters. The number of aromatic nitrogens is 2. The number of nitrogens with zero attached hydrogens (tertiary/aromatic N) is 3. The van der Waals surface area contributed by atoms with Crippen LogP contribution in [-0.4, -0.2) is 47.3 Å². The van der Waals surface area contributed by atoms with Crippen molar-refractivity contribution in [3.8, 4) is 11.4 Å². The molecule has 0 radical (unpaired) electrons. The number of hydrogen-bond acceptors (Lipinski definition) is 6. The summed E-state index contributed by atoms with van der Waals surface area (Å²) >= 11 is 0. The lowest BCUT2D eigenvalue weighted by Crippen LogP contribution is -2.37. The second-order valence-electron chi connectivity index (χ2n) is 6.35. The molecule has 0 aliphatic carbocycles. The van der Waals surface area contributed by atoms with Gasteiger partial charge in [-0.05, 0) is 45.8 Å². The minimum atomic E-state index is -0.0403. The van der Waals surface area contributed by atoms with Crippen molar-refractivity contribution < 1.29 is 14.1 Å². The molecule has 0 saturated carbocycles. The van der Waals surface area contributed by atoms with Crippen molar-refractivity contribution >= 4 is 5.97 Å². The first-order valence-electron chi connectivity index (χ1n) is 9.03. The maximum atomic E-state index is 11.8. The highest BCUT2D eigenvalue weighted by molar-refractivity contribution is 5.72. The van der Waals surface area contributed by atoms with Crippen LogP contribution in [0.2, 0.25) is 0 Å². The Bertz CT molecular complexity index is 664. The van der Waals surface area contributed by atoms with E-state index in [0.29, 0.717) is 18.3 Å². The normalized spacial score (nSPS) is 16.0. The van der Waals surface area contributed by atoms with Crippen molar-refractivity contribution in [1.82, 2.24) is 15.0 Å². The van der Waals surface area contributed by atoms with Gasteiger partial charge in [-0.1, -0.05) is 35.5 Å². The Kier molecular flexibility index (Phi) is 6.17. The molecule has 25 heavy (non-hydrogen) atoms. The predicted octanol–water partition coefficient (Wildman–Crippen LogP) is 2.94. The fourth-order valence-electron chi connectivity index (χ4n) is 3.17. The van der Waals surface area contributed by atoms with Gasteiger partial charge in [0.15, 0.2) is 0 Å². The molecule has 1 aromatic carbocycles. The summed E-state index contributed by atoms with van der Waals surface area (Å²) in [6.07, 6.45) is 3.52. The maximum absolute atomic E-state index is 11.8. The third kappa shape index (κ3) is 4.89. The summed E-state index contributed by atoms with van der Waals surface area (Å²) < 4.78 is 10.5. The van der Waals surface area contributed by atoms with Crippen molar-refractivity contribution in [2.45, 2.75) is 32.6 Å². The van der Waals surface area contributed by atoms with E-state index in [1.54, 1.807) is 0 Å². The Hall–Kier alpha value is -2.21. The monoisotopic (exact) mass is 343 g/mol. The van der Waals surface area contributed by atoms with Crippen LogP contribution in [0.25, 0.3) is 11.4 Å². The first-order chi connectivity index (χ1) is 12.3. The van der Waals surface area contributed by atoms with Crippen LogP contribution in [0.4, 0.5) is 0 Å². The van der Waals surface area contributed by atoms with Gasteiger partial charge in [-0.3, -0.25) is 4.79 Å². The molecule has 134 valence electrons. The van der Waals surface area contributed by atoms with Gasteiger partial charge in [0, 0.05) is 12.0 Å². The van der Waals surface area contributed by atoms with Crippen LogP contribution >= 0.6 is 0 Å². The van der Waals surface area contributed by atoms with Crippen molar-refractivity contribution in [1.29, 1.82) is 0 Å². The number of aryl methyl sites for hydroxylation is 1. The molecular formula is C19H25N3O3. The van der Waals surface area contributed by atoms with Crippen molar-refractivity contribution in [2.75, 3.05) is 26.2 Å². The second-order valence-corrected chi connectivity index (χ2v) is 6.35. The topological polar surface area (TPSA) is 68.5 Å². The molecule has 1 fully saturated rings. The predicted molar refractivity (Wildman–Crippen MR) is 93.9 cm³/mol. The Labute approximate surface area is 148 Å². The van der Waals surface area contributed by atoms with E-state index in [2.05, 4.69) is 15.0 Å². The Morgan fingerprint density at radius 3 is 2.76 bits per heavy atom. The van der Waals surface area contributed by atoms with Crippen LogP contribution in [0.15, 0.2) is 34.9 Å². The van der Waals surface area contributed by atoms with E-state index in [9.17, 15) is 4.79 Å². The lowest BCUT2D eigenvalue weighted by atomic mass is 9.97. The van der Waals surface area contributed by atoms with Crippen LogP contribution in [0.3, 0.4) is 0 Å². The second kappa shape index (κ2) is 8.76. The molecule has 1 aromatic heterocycles. The maximum Gasteiger partial charge on any atom is 0.309 e. The molecule has 1 aliphatic heterocycles. The molecule has 1 aliphatic rings. The van der Waals surface area contributed by atoms with Gasteiger partial charge in [-0.15, -0.1) is 0 Å². The summed E-state index contributed by atoms with van der Waals surface area (Å²) in [5, 5.41) is 4.05. The van der Waals surface area contributed by atoms with E-state index in [-0.39, 0.29) is 11.9 Å². The van der Waals surface area contributed by atoms with E-state index >= 15 is 0 Å². The summed E-state index contributed by atoms with van der Waals surface area (Å²) in [5.74, 6) is 1.35. The molecule has 0 amide bonds. The minimum absolute atomic E-state index is 0.0403. The fraction of sp³-hybridized carbons (Fsp3) is 0.526. The number of ether oxygens (including phenoxy) is 1. The lowest BCUT2D eigenvalue weighted by Gasteiger charge is -2.30. The standard InChI is InChI=1S/C19H25N3O3/c1-2-24-19(23)16-10-13-22(14-11-16)12-6-9-17-20-18(21-25-17)15-7-4-3-5-8-15/h3-5,7-8,16H,2,6,9-14H2,1H3. The molecule has 0 unspecified atom stereocenters. The number of benzene rings is 1. The van der Waals surface area contributed by atoms with Crippen molar-refractivity contribution in [2.24, 2.45) is 5.92 Å². The summed E-state index contributed by atoms with van der Waals surface area (Å²) in [4.78, 5) is 18.6. The highest BCUT2D eigenvalue weighted by Gasteiger charge is 2.25. The van der Waals surface area contributed by atoms with Gasteiger partial charge >= 0.3 is 5.97 Å². The minimum Gasteiger partial charge on any atom is -0.466 e. The van der Waals surface area contributed by atoms with E-state index in [1.807, 2.05) is 37.3 Å². The van der Waals surface area contributed by atoms with E-state index < -0.39 is 0 Å². The number of carbonyl (C=O) groups is 1. The molecule has 2 aromatic rings. The quantitative estimate of drug-likeness (QED) is 0.720. The van der Waals surface area contributed by atoms with E-state index in [4.69, 9.17) is 9.26 Å². The fourth-order valence-corrected chi connectivity index (χ4v) is 3.17. The lowest BCUT2D eigenvalue weighted by molar-refractivity contribution is -0.149. The Morgan fingerprint density at radius 2 is 2.04 bits per heavy atom. The van der Waals surface area contributed by atoms with Crippen LogP contribution in [0.1, 0.15) is 32.1 Å². The zero-order valence-electron chi connectivity index (χ0n) is 14.7. The van der Waals surface area contributed by atoms with Crippen LogP contribution in [-0.2, 0) is 16.0 Å². The first-order valence-corrected chi connectivity index (χ1v) is 9.03. The Morgan fingerprint density at radius 1 is 1.28 bits per heavy atom. The zero-order chi connectivity index (χ0) is 17.5. The first kappa shape index (κ1) is 17.6. The molecular weight excluding hydrogens is 318 g/mol. The average Bonchev–Trinajstić information content (AvgIpc) is 3.12. The molecule has 0 spiro atoms. The smallest absolute Gasteiger partial charge is 0.309 e. The van der Waals surface area contributed by atoms with Gasteiger partial charge in [0.2, 0.25) is 11.7 Å². The van der Waals surface area contributed by atoms with Gasteiger partial charge in [0.1, 0.15) is 0 Å². The molecule has 1 saturated heterocycles. The largest absolute Gasteiger partial charge is 0.466 e. The van der Waals surface area contributed by atoms with Crippen LogP contribution in [0.5, 0.6) is 0 Å². The summed E-state index contributed by atoms with van der Waals surface area (Å²) in [5.41, 5.74) is 0.971. The van der Waals surface area contributed by atoms with Gasteiger partial charge in [-0.2, -0.15) is 4.98 Å². The van der Waals surface area contributed by atoms with E-state index in [0.717, 1.165) is 50.9 Å². The van der Waals surface area contributed by atoms with Crippen LogP contribution in [0, 0.1) is 5.92 Å². The molecule has 0 bridgehead atoms. The van der Waals surface area contributed by atoms with Crippen LogP contribution < -0.4 is 0 Å². The number of rotatable bonds is 7. The third-order valence-corrected chi connectivity index (χ3v) is 4.57. The average molecular weight is 343 g/mol. The van der Waals surface area contributed by atoms with Gasteiger partial charge in [0.25, 0.3) is 0 Å². The molecule has 6 nitrogen and oxygen atoms in total. The number of likely N-dealkylation sites (tertiary alicyclic amines) is 1. The highest BCUT2D eigenvalue weighted by Crippen LogP contribution is 2.19. The number of carbonyl (C=O) groups excluding carboxylic acids is 1. The zero-order valence-corrected chi connectivity index (χ0v) is 14.7. The number of hydrogen-bond donors (Lipinski definition) is 0. The van der Waals surface area contributed by atoms with Crippen molar-refractivity contribution in [3.05, 3.63) is 36.2 Å². The summed E-state index contributed by atoms with van der Waals surface area (Å²) in [7, 11) is 0. The number of piperidine rings is 1. The van der Waals surface area contributed by atoms with Gasteiger partial charge < -0.3 is 14.2 Å².